The number of ketones is 1. The van der Waals surface area contributed by atoms with Crippen molar-refractivity contribution >= 4 is 34.9 Å². The van der Waals surface area contributed by atoms with Gasteiger partial charge in [0.15, 0.2) is 5.78 Å². The molecule has 0 aliphatic carbocycles. The largest absolute Gasteiger partial charge is 0.497 e. The summed E-state index contributed by atoms with van der Waals surface area (Å²) < 4.78 is 5.30. The molecule has 0 bridgehead atoms. The number of hydrogen-bond acceptors (Lipinski definition) is 5. The third-order valence-electron chi connectivity index (χ3n) is 10.5. The summed E-state index contributed by atoms with van der Waals surface area (Å²) >= 11 is 0. The molecule has 0 spiro atoms. The molecule has 0 fully saturated rings. The van der Waals surface area contributed by atoms with Crippen LogP contribution in [0.4, 0.5) is 11.4 Å². The van der Waals surface area contributed by atoms with Gasteiger partial charge in [0.05, 0.1) is 7.11 Å². The van der Waals surface area contributed by atoms with Gasteiger partial charge < -0.3 is 19.9 Å². The van der Waals surface area contributed by atoms with E-state index in [0.717, 1.165) is 23.2 Å². The van der Waals surface area contributed by atoms with Gasteiger partial charge in [-0.15, -0.1) is 0 Å². The molecule has 8 heteroatoms. The SMILES string of the molecule is CCc1ccc(N(C)C(=O)[C@@H](CC(=O)c2ccccc2-c2ccccc2C(=O)N[C@@H](Cc2ccccc2)C(=O)N(C)c2ccc(OC)cc2)Cc2ccccc2)cc1. The zero-order valence-electron chi connectivity index (χ0n) is 33.4. The summed E-state index contributed by atoms with van der Waals surface area (Å²) in [4.78, 5) is 60.3. The van der Waals surface area contributed by atoms with Gasteiger partial charge in [-0.25, -0.2) is 0 Å². The summed E-state index contributed by atoms with van der Waals surface area (Å²) in [6, 6.07) is 47.7. The molecule has 0 aliphatic heterocycles. The molecule has 0 saturated heterocycles. The van der Waals surface area contributed by atoms with Crippen molar-refractivity contribution in [2.24, 2.45) is 5.92 Å². The lowest BCUT2D eigenvalue weighted by molar-refractivity contribution is -0.122. The average molecular weight is 772 g/mol. The first-order valence-corrected chi connectivity index (χ1v) is 19.5. The van der Waals surface area contributed by atoms with Crippen molar-refractivity contribution < 1.29 is 23.9 Å². The molecule has 6 rings (SSSR count). The number of anilines is 2. The highest BCUT2D eigenvalue weighted by molar-refractivity contribution is 6.09. The van der Waals surface area contributed by atoms with E-state index in [1.165, 1.54) is 10.5 Å². The van der Waals surface area contributed by atoms with Crippen LogP contribution < -0.4 is 19.9 Å². The Morgan fingerprint density at radius 1 is 0.552 bits per heavy atom. The Labute approximate surface area is 341 Å². The number of nitrogens with zero attached hydrogens (tertiary/aromatic N) is 2. The lowest BCUT2D eigenvalue weighted by Gasteiger charge is -2.26. The van der Waals surface area contributed by atoms with Crippen LogP contribution in [0, 0.1) is 5.92 Å². The number of ether oxygens (including phenoxy) is 1. The molecule has 0 heterocycles. The van der Waals surface area contributed by atoms with Crippen LogP contribution in [0.1, 0.15) is 50.8 Å². The van der Waals surface area contributed by atoms with E-state index in [1.807, 2.05) is 103 Å². The quantitative estimate of drug-likeness (QED) is 0.0992. The third kappa shape index (κ3) is 9.95. The maximum absolute atomic E-state index is 14.5. The monoisotopic (exact) mass is 771 g/mol. The smallest absolute Gasteiger partial charge is 0.252 e. The van der Waals surface area contributed by atoms with E-state index in [4.69, 9.17) is 4.74 Å². The highest BCUT2D eigenvalue weighted by atomic mass is 16.5. The van der Waals surface area contributed by atoms with E-state index in [9.17, 15) is 19.2 Å². The number of nitrogens with one attached hydrogen (secondary N) is 1. The van der Waals surface area contributed by atoms with Crippen molar-refractivity contribution in [3.63, 3.8) is 0 Å². The molecule has 0 radical (unpaired) electrons. The minimum Gasteiger partial charge on any atom is -0.497 e. The van der Waals surface area contributed by atoms with E-state index < -0.39 is 17.9 Å². The summed E-state index contributed by atoms with van der Waals surface area (Å²) in [5, 5.41) is 3.03. The Morgan fingerprint density at radius 2 is 1.03 bits per heavy atom. The van der Waals surface area contributed by atoms with Crippen LogP contribution in [0.5, 0.6) is 5.75 Å². The number of Topliss-reactive ketones (excluding diaryl/α,β-unsaturated/α-hetero) is 1. The minimum atomic E-state index is -0.910. The fraction of sp³-hybridized carbons (Fsp3) is 0.200. The maximum atomic E-state index is 14.5. The first-order chi connectivity index (χ1) is 28.2. The molecule has 6 aromatic rings. The van der Waals surface area contributed by atoms with E-state index in [0.29, 0.717) is 40.1 Å². The fourth-order valence-corrected chi connectivity index (χ4v) is 7.17. The predicted octanol–water partition coefficient (Wildman–Crippen LogP) is 9.02. The number of methoxy groups -OCH3 is 1. The fourth-order valence-electron chi connectivity index (χ4n) is 7.17. The van der Waals surface area contributed by atoms with Crippen LogP contribution in [0.2, 0.25) is 0 Å². The molecular formula is C50H49N3O5. The van der Waals surface area contributed by atoms with Crippen molar-refractivity contribution in [3.05, 3.63) is 186 Å². The minimum absolute atomic E-state index is 0.0398. The molecule has 2 atom stereocenters. The second-order valence-corrected chi connectivity index (χ2v) is 14.3. The Bertz CT molecular complexity index is 2160. The van der Waals surface area contributed by atoms with Crippen LogP contribution in [0.3, 0.4) is 0 Å². The zero-order valence-corrected chi connectivity index (χ0v) is 33.4. The number of likely N-dealkylation sites (N-methyl/N-ethyl adjacent to an activating group) is 1. The lowest BCUT2D eigenvalue weighted by Crippen LogP contribution is -2.48. The standard InChI is InChI=1S/C50H49N3O5/c1-5-35-24-26-39(27-25-35)52(2)49(56)38(32-36-16-8-6-9-17-36)34-47(54)44-22-14-12-20-42(44)43-21-13-15-23-45(43)48(55)51-46(33-37-18-10-7-11-19-37)50(57)53(3)40-28-30-41(58-4)31-29-40/h6-31,38,46H,5,32-34H2,1-4H3,(H,51,55)/t38-,46+/m1/s1. The number of carbonyl (C=O) groups is 4. The summed E-state index contributed by atoms with van der Waals surface area (Å²) in [5.74, 6) is -1.11. The highest BCUT2D eigenvalue weighted by Gasteiger charge is 2.30. The molecular weight excluding hydrogens is 723 g/mol. The summed E-state index contributed by atoms with van der Waals surface area (Å²) in [6.45, 7) is 2.09. The molecule has 8 nitrogen and oxygen atoms in total. The lowest BCUT2D eigenvalue weighted by atomic mass is 9.87. The van der Waals surface area contributed by atoms with Crippen LogP contribution in [-0.2, 0) is 28.9 Å². The predicted molar refractivity (Wildman–Crippen MR) is 231 cm³/mol. The van der Waals surface area contributed by atoms with Gasteiger partial charge in [0.2, 0.25) is 11.8 Å². The Morgan fingerprint density at radius 3 is 1.60 bits per heavy atom. The number of carbonyl (C=O) groups excluding carboxylic acids is 4. The maximum Gasteiger partial charge on any atom is 0.252 e. The van der Waals surface area contributed by atoms with Gasteiger partial charge in [0.1, 0.15) is 11.8 Å². The molecule has 58 heavy (non-hydrogen) atoms. The van der Waals surface area contributed by atoms with Gasteiger partial charge in [0, 0.05) is 55.4 Å². The molecule has 294 valence electrons. The number of benzene rings is 6. The van der Waals surface area contributed by atoms with Crippen LogP contribution in [0.15, 0.2) is 158 Å². The number of aryl methyl sites for hydroxylation is 1. The Kier molecular flexibility index (Phi) is 13.6. The van der Waals surface area contributed by atoms with Crippen molar-refractivity contribution in [2.75, 3.05) is 31.0 Å². The third-order valence-corrected chi connectivity index (χ3v) is 10.5. The normalized spacial score (nSPS) is 11.9. The van der Waals surface area contributed by atoms with E-state index in [1.54, 1.807) is 80.7 Å². The van der Waals surface area contributed by atoms with Crippen molar-refractivity contribution in [1.82, 2.24) is 5.32 Å². The molecule has 0 aliphatic rings. The van der Waals surface area contributed by atoms with Gasteiger partial charge in [-0.1, -0.05) is 122 Å². The van der Waals surface area contributed by atoms with Crippen LogP contribution in [-0.4, -0.2) is 50.8 Å². The van der Waals surface area contributed by atoms with Crippen LogP contribution >= 0.6 is 0 Å². The Hall–Kier alpha value is -6.80. The van der Waals surface area contributed by atoms with E-state index >= 15 is 0 Å². The summed E-state index contributed by atoms with van der Waals surface area (Å²) in [6.07, 6.45) is 1.49. The first kappa shape index (κ1) is 40.9. The second kappa shape index (κ2) is 19.4. The Balaban J connectivity index is 1.29. The molecule has 6 aromatic carbocycles. The number of amides is 3. The molecule has 0 saturated carbocycles. The van der Waals surface area contributed by atoms with Gasteiger partial charge in [-0.05, 0) is 83.1 Å². The van der Waals surface area contributed by atoms with Crippen molar-refractivity contribution in [1.29, 1.82) is 0 Å². The van der Waals surface area contributed by atoms with Gasteiger partial charge in [-0.3, -0.25) is 19.2 Å². The second-order valence-electron chi connectivity index (χ2n) is 14.3. The number of hydrogen-bond donors (Lipinski definition) is 1. The summed E-state index contributed by atoms with van der Waals surface area (Å²) in [5.41, 5.74) is 6.24. The van der Waals surface area contributed by atoms with Crippen molar-refractivity contribution in [3.8, 4) is 16.9 Å². The van der Waals surface area contributed by atoms with Gasteiger partial charge in [-0.2, -0.15) is 0 Å². The first-order valence-electron chi connectivity index (χ1n) is 19.5. The van der Waals surface area contributed by atoms with E-state index in [2.05, 4.69) is 12.2 Å². The zero-order chi connectivity index (χ0) is 41.0. The number of rotatable bonds is 16. The van der Waals surface area contributed by atoms with Crippen LogP contribution in [0.25, 0.3) is 11.1 Å². The highest BCUT2D eigenvalue weighted by Crippen LogP contribution is 2.31. The topological polar surface area (TPSA) is 96.0 Å². The molecule has 1 N–H and O–H groups in total. The van der Waals surface area contributed by atoms with Gasteiger partial charge >= 0.3 is 0 Å². The molecule has 0 unspecified atom stereocenters. The summed E-state index contributed by atoms with van der Waals surface area (Å²) in [7, 11) is 5.01. The molecule has 0 aromatic heterocycles. The molecule has 3 amide bonds. The van der Waals surface area contributed by atoms with E-state index in [-0.39, 0.29) is 30.4 Å². The average Bonchev–Trinajstić information content (AvgIpc) is 3.28. The van der Waals surface area contributed by atoms with Crippen molar-refractivity contribution in [2.45, 2.75) is 38.6 Å². The van der Waals surface area contributed by atoms with Gasteiger partial charge in [0.25, 0.3) is 5.91 Å².